The Balaban J connectivity index is 1.64. The van der Waals surface area contributed by atoms with E-state index in [4.69, 9.17) is 0 Å². The van der Waals surface area contributed by atoms with Crippen molar-refractivity contribution in [3.63, 3.8) is 0 Å². The summed E-state index contributed by atoms with van der Waals surface area (Å²) in [5.41, 5.74) is 3.21. The monoisotopic (exact) mass is 332 g/mol. The van der Waals surface area contributed by atoms with Crippen LogP contribution in [0, 0.1) is 11.3 Å². The highest BCUT2D eigenvalue weighted by molar-refractivity contribution is 6.01. The van der Waals surface area contributed by atoms with E-state index in [-0.39, 0.29) is 11.5 Å². The van der Waals surface area contributed by atoms with Gasteiger partial charge in [-0.05, 0) is 43.2 Å². The number of nitriles is 1. The second-order valence-corrected chi connectivity index (χ2v) is 5.75. The Morgan fingerprint density at radius 3 is 2.96 bits per heavy atom. The minimum absolute atomic E-state index is 0.118. The van der Waals surface area contributed by atoms with Gasteiger partial charge in [0.2, 0.25) is 0 Å². The lowest BCUT2D eigenvalue weighted by molar-refractivity contribution is -0.117. The van der Waals surface area contributed by atoms with Gasteiger partial charge in [-0.3, -0.25) is 4.79 Å². The maximum absolute atomic E-state index is 12.3. The fourth-order valence-electron chi connectivity index (χ4n) is 2.89. The third-order valence-electron chi connectivity index (χ3n) is 4.22. The van der Waals surface area contributed by atoms with Crippen LogP contribution in [0.1, 0.15) is 18.2 Å². The zero-order valence-corrected chi connectivity index (χ0v) is 14.1. The van der Waals surface area contributed by atoms with E-state index in [0.717, 1.165) is 28.7 Å². The van der Waals surface area contributed by atoms with Gasteiger partial charge in [0.05, 0.1) is 0 Å². The standard InChI is InChI=1S/C20H20N4O/c1-2-24-11-5-6-17(24)12-16(13-21)20(25)22-10-9-15-14-23-19-8-4-3-7-18(15)19/h3-8,11-12,14,23H,2,9-10H2,1H3,(H,22,25)/b16-12-. The number of H-pyrrole nitrogens is 1. The molecular weight excluding hydrogens is 312 g/mol. The van der Waals surface area contributed by atoms with Crippen LogP contribution < -0.4 is 5.32 Å². The Hall–Kier alpha value is -3.26. The molecule has 0 radical (unpaired) electrons. The first kappa shape index (κ1) is 16.6. The van der Waals surface area contributed by atoms with E-state index < -0.39 is 0 Å². The minimum Gasteiger partial charge on any atom is -0.361 e. The minimum atomic E-state index is -0.341. The number of hydrogen-bond donors (Lipinski definition) is 2. The summed E-state index contributed by atoms with van der Waals surface area (Å²) in [5, 5.41) is 13.3. The largest absolute Gasteiger partial charge is 0.361 e. The zero-order valence-electron chi connectivity index (χ0n) is 14.1. The average molecular weight is 332 g/mol. The van der Waals surface area contributed by atoms with Crippen molar-refractivity contribution < 1.29 is 4.79 Å². The van der Waals surface area contributed by atoms with Crippen LogP contribution in [0.5, 0.6) is 0 Å². The second-order valence-electron chi connectivity index (χ2n) is 5.75. The maximum Gasteiger partial charge on any atom is 0.262 e. The van der Waals surface area contributed by atoms with E-state index in [1.165, 1.54) is 0 Å². The van der Waals surface area contributed by atoms with Gasteiger partial charge in [0, 0.05) is 42.1 Å². The normalized spacial score (nSPS) is 11.4. The summed E-state index contributed by atoms with van der Waals surface area (Å²) >= 11 is 0. The van der Waals surface area contributed by atoms with Crippen LogP contribution in [-0.2, 0) is 17.8 Å². The van der Waals surface area contributed by atoms with Crippen molar-refractivity contribution in [2.75, 3.05) is 6.54 Å². The number of aryl methyl sites for hydroxylation is 1. The van der Waals surface area contributed by atoms with Gasteiger partial charge in [-0.2, -0.15) is 5.26 Å². The van der Waals surface area contributed by atoms with Gasteiger partial charge in [-0.25, -0.2) is 0 Å². The lowest BCUT2D eigenvalue weighted by Crippen LogP contribution is -2.26. The molecule has 1 aromatic carbocycles. The number of nitrogens with zero attached hydrogens (tertiary/aromatic N) is 2. The summed E-state index contributed by atoms with van der Waals surface area (Å²) in [7, 11) is 0. The Bertz CT molecular complexity index is 955. The fraction of sp³-hybridized carbons (Fsp3) is 0.200. The molecule has 0 bridgehead atoms. The quantitative estimate of drug-likeness (QED) is 0.537. The van der Waals surface area contributed by atoms with Gasteiger partial charge in [0.1, 0.15) is 11.6 Å². The molecule has 0 fully saturated rings. The number of para-hydroxylation sites is 1. The maximum atomic E-state index is 12.3. The first-order valence-corrected chi connectivity index (χ1v) is 8.33. The average Bonchev–Trinajstić information content (AvgIpc) is 3.26. The predicted octanol–water partition coefficient (Wildman–Crippen LogP) is 3.26. The van der Waals surface area contributed by atoms with Gasteiger partial charge < -0.3 is 14.9 Å². The zero-order chi connectivity index (χ0) is 17.6. The lowest BCUT2D eigenvalue weighted by atomic mass is 10.1. The number of aromatic nitrogens is 2. The van der Waals surface area contributed by atoms with E-state index in [1.54, 1.807) is 6.08 Å². The van der Waals surface area contributed by atoms with Gasteiger partial charge >= 0.3 is 0 Å². The molecule has 0 unspecified atom stereocenters. The van der Waals surface area contributed by atoms with Gasteiger partial charge in [-0.1, -0.05) is 18.2 Å². The summed E-state index contributed by atoms with van der Waals surface area (Å²) < 4.78 is 1.98. The molecule has 0 aliphatic heterocycles. The summed E-state index contributed by atoms with van der Waals surface area (Å²) in [6.45, 7) is 3.29. The summed E-state index contributed by atoms with van der Waals surface area (Å²) in [6, 6.07) is 13.9. The fourth-order valence-corrected chi connectivity index (χ4v) is 2.89. The van der Waals surface area contributed by atoms with E-state index >= 15 is 0 Å². The molecule has 0 spiro atoms. The first-order chi connectivity index (χ1) is 12.2. The molecule has 0 saturated carbocycles. The van der Waals surface area contributed by atoms with Gasteiger partial charge in [0.25, 0.3) is 5.91 Å². The summed E-state index contributed by atoms with van der Waals surface area (Å²) in [4.78, 5) is 15.5. The molecule has 1 amide bonds. The molecule has 0 aliphatic rings. The van der Waals surface area contributed by atoms with E-state index in [2.05, 4.69) is 16.4 Å². The van der Waals surface area contributed by atoms with Crippen molar-refractivity contribution in [2.24, 2.45) is 0 Å². The van der Waals surface area contributed by atoms with Gasteiger partial charge in [-0.15, -0.1) is 0 Å². The topological polar surface area (TPSA) is 73.6 Å². The van der Waals surface area contributed by atoms with E-state index in [0.29, 0.717) is 13.0 Å². The van der Waals surface area contributed by atoms with Crippen molar-refractivity contribution in [1.82, 2.24) is 14.9 Å². The molecule has 2 N–H and O–H groups in total. The molecule has 3 aromatic rings. The number of amides is 1. The third-order valence-corrected chi connectivity index (χ3v) is 4.22. The summed E-state index contributed by atoms with van der Waals surface area (Å²) in [6.07, 6.45) is 6.23. The number of hydrogen-bond acceptors (Lipinski definition) is 2. The number of rotatable bonds is 6. The molecule has 2 heterocycles. The second kappa shape index (κ2) is 7.54. The SMILES string of the molecule is CCn1cccc1/C=C(/C#N)C(=O)NCCc1c[nH]c2ccccc12. The molecule has 0 atom stereocenters. The van der Waals surface area contributed by atoms with Gasteiger partial charge in [0.15, 0.2) is 0 Å². The van der Waals surface area contributed by atoms with Crippen LogP contribution >= 0.6 is 0 Å². The highest BCUT2D eigenvalue weighted by Crippen LogP contribution is 2.17. The van der Waals surface area contributed by atoms with Crippen molar-refractivity contribution in [3.8, 4) is 6.07 Å². The Labute approximate surface area is 146 Å². The summed E-state index contributed by atoms with van der Waals surface area (Å²) in [5.74, 6) is -0.341. The molecule has 3 rings (SSSR count). The number of aromatic amines is 1. The van der Waals surface area contributed by atoms with Crippen LogP contribution in [0.15, 0.2) is 54.4 Å². The first-order valence-electron chi connectivity index (χ1n) is 8.33. The number of carbonyl (C=O) groups is 1. The van der Waals surface area contributed by atoms with Crippen LogP contribution in [0.4, 0.5) is 0 Å². The Morgan fingerprint density at radius 2 is 2.16 bits per heavy atom. The molecular formula is C20H20N4O. The number of fused-ring (bicyclic) bond motifs is 1. The van der Waals surface area contributed by atoms with E-state index in [1.807, 2.05) is 60.3 Å². The molecule has 25 heavy (non-hydrogen) atoms. The Kier molecular flexibility index (Phi) is 5.00. The predicted molar refractivity (Wildman–Crippen MR) is 98.7 cm³/mol. The molecule has 0 aliphatic carbocycles. The molecule has 5 heteroatoms. The van der Waals surface area contributed by atoms with Crippen LogP contribution in [0.3, 0.4) is 0 Å². The van der Waals surface area contributed by atoms with Crippen molar-refractivity contribution >= 4 is 22.9 Å². The lowest BCUT2D eigenvalue weighted by Gasteiger charge is -2.05. The van der Waals surface area contributed by atoms with Crippen molar-refractivity contribution in [1.29, 1.82) is 5.26 Å². The van der Waals surface area contributed by atoms with Crippen LogP contribution in [-0.4, -0.2) is 22.0 Å². The molecule has 126 valence electrons. The highest BCUT2D eigenvalue weighted by atomic mass is 16.1. The van der Waals surface area contributed by atoms with Crippen molar-refractivity contribution in [2.45, 2.75) is 19.9 Å². The molecule has 0 saturated heterocycles. The smallest absolute Gasteiger partial charge is 0.262 e. The number of benzene rings is 1. The number of carbonyl (C=O) groups excluding carboxylic acids is 1. The van der Waals surface area contributed by atoms with E-state index in [9.17, 15) is 10.1 Å². The molecule has 5 nitrogen and oxygen atoms in total. The third kappa shape index (κ3) is 3.64. The Morgan fingerprint density at radius 1 is 1.32 bits per heavy atom. The highest BCUT2D eigenvalue weighted by Gasteiger charge is 2.10. The number of nitrogens with one attached hydrogen (secondary N) is 2. The molecule has 2 aromatic heterocycles. The van der Waals surface area contributed by atoms with Crippen LogP contribution in [0.25, 0.3) is 17.0 Å². The van der Waals surface area contributed by atoms with Crippen LogP contribution in [0.2, 0.25) is 0 Å². The van der Waals surface area contributed by atoms with Crippen molar-refractivity contribution in [3.05, 3.63) is 65.6 Å².